The molecule has 0 bridgehead atoms. The summed E-state index contributed by atoms with van der Waals surface area (Å²) in [5, 5.41) is 0. The van der Waals surface area contributed by atoms with Gasteiger partial charge in [0, 0.05) is 6.92 Å². The Hall–Kier alpha value is -0.530. The van der Waals surface area contributed by atoms with Gasteiger partial charge in [0.15, 0.2) is 0 Å². The van der Waals surface area contributed by atoms with Gasteiger partial charge in [-0.1, -0.05) is 19.8 Å². The second kappa shape index (κ2) is 4.48. The fraction of sp³-hybridized carbons (Fsp3) is 0.900. The number of carbonyl (C=O) groups excluding carboxylic acids is 1. The number of carbonyl (C=O) groups is 1. The molecule has 0 N–H and O–H groups in total. The molecule has 0 radical (unpaired) electrons. The lowest BCUT2D eigenvalue weighted by Crippen LogP contribution is -2.19. The molecule has 0 heterocycles. The van der Waals surface area contributed by atoms with Crippen molar-refractivity contribution in [3.05, 3.63) is 0 Å². The second-order valence-electron chi connectivity index (χ2n) is 3.94. The third-order valence-electron chi connectivity index (χ3n) is 2.57. The minimum absolute atomic E-state index is 0.145. The summed E-state index contributed by atoms with van der Waals surface area (Å²) in [6.45, 7) is 4.39. The molecular formula is C10H18O2. The number of hydrogen-bond acceptors (Lipinski definition) is 2. The third-order valence-corrected chi connectivity index (χ3v) is 2.57. The Morgan fingerprint density at radius 3 is 2.83 bits per heavy atom. The van der Waals surface area contributed by atoms with Gasteiger partial charge in [-0.25, -0.2) is 0 Å². The fourth-order valence-electron chi connectivity index (χ4n) is 1.95. The Balaban J connectivity index is 2.18. The van der Waals surface area contributed by atoms with E-state index in [9.17, 15) is 4.79 Å². The van der Waals surface area contributed by atoms with Crippen molar-refractivity contribution in [2.24, 2.45) is 11.8 Å². The van der Waals surface area contributed by atoms with Crippen LogP contribution in [0.2, 0.25) is 0 Å². The van der Waals surface area contributed by atoms with Gasteiger partial charge in [0.25, 0.3) is 0 Å². The summed E-state index contributed by atoms with van der Waals surface area (Å²) in [6.07, 6.45) is 5.11. The standard InChI is InChI=1S/C10H18O2/c1-8-4-3-5-10(6-8)7-12-9(2)11/h8,10H,3-7H2,1-2H3/t8-,10?/m0/s1. The van der Waals surface area contributed by atoms with Crippen LogP contribution in [-0.2, 0) is 9.53 Å². The zero-order chi connectivity index (χ0) is 8.97. The maximum Gasteiger partial charge on any atom is 0.302 e. The fourth-order valence-corrected chi connectivity index (χ4v) is 1.95. The van der Waals surface area contributed by atoms with Crippen LogP contribution in [0.5, 0.6) is 0 Å². The summed E-state index contributed by atoms with van der Waals surface area (Å²) in [7, 11) is 0. The van der Waals surface area contributed by atoms with E-state index in [1.807, 2.05) is 0 Å². The largest absolute Gasteiger partial charge is 0.466 e. The zero-order valence-electron chi connectivity index (χ0n) is 8.01. The highest BCUT2D eigenvalue weighted by atomic mass is 16.5. The van der Waals surface area contributed by atoms with Crippen LogP contribution >= 0.6 is 0 Å². The molecule has 1 aliphatic carbocycles. The van der Waals surface area contributed by atoms with E-state index in [0.717, 1.165) is 5.92 Å². The van der Waals surface area contributed by atoms with E-state index in [-0.39, 0.29) is 5.97 Å². The summed E-state index contributed by atoms with van der Waals surface area (Å²) in [4.78, 5) is 10.5. The molecule has 1 unspecified atom stereocenters. The van der Waals surface area contributed by atoms with Crippen molar-refractivity contribution < 1.29 is 9.53 Å². The van der Waals surface area contributed by atoms with E-state index in [1.54, 1.807) is 0 Å². The predicted molar refractivity (Wildman–Crippen MR) is 47.8 cm³/mol. The van der Waals surface area contributed by atoms with Crippen LogP contribution < -0.4 is 0 Å². The van der Waals surface area contributed by atoms with E-state index in [2.05, 4.69) is 6.92 Å². The van der Waals surface area contributed by atoms with E-state index in [1.165, 1.54) is 32.6 Å². The van der Waals surface area contributed by atoms with E-state index in [0.29, 0.717) is 12.5 Å². The smallest absolute Gasteiger partial charge is 0.302 e. The highest BCUT2D eigenvalue weighted by molar-refractivity contribution is 5.65. The molecule has 70 valence electrons. The molecule has 0 aromatic carbocycles. The minimum Gasteiger partial charge on any atom is -0.466 e. The first-order valence-electron chi connectivity index (χ1n) is 4.82. The molecular weight excluding hydrogens is 152 g/mol. The topological polar surface area (TPSA) is 26.3 Å². The summed E-state index contributed by atoms with van der Waals surface area (Å²) >= 11 is 0. The molecule has 1 saturated carbocycles. The van der Waals surface area contributed by atoms with Crippen molar-refractivity contribution in [2.45, 2.75) is 39.5 Å². The Bertz CT molecular complexity index is 154. The summed E-state index contributed by atoms with van der Waals surface area (Å²) in [6, 6.07) is 0. The maximum atomic E-state index is 10.5. The molecule has 0 spiro atoms. The lowest BCUT2D eigenvalue weighted by atomic mass is 9.83. The summed E-state index contributed by atoms with van der Waals surface area (Å²) < 4.78 is 4.99. The molecule has 12 heavy (non-hydrogen) atoms. The average Bonchev–Trinajstić information content (AvgIpc) is 2.01. The first-order chi connectivity index (χ1) is 5.68. The Kier molecular flexibility index (Phi) is 3.57. The van der Waals surface area contributed by atoms with Gasteiger partial charge in [-0.15, -0.1) is 0 Å². The van der Waals surface area contributed by atoms with Gasteiger partial charge >= 0.3 is 5.97 Å². The highest BCUT2D eigenvalue weighted by Crippen LogP contribution is 2.28. The van der Waals surface area contributed by atoms with E-state index < -0.39 is 0 Å². The summed E-state index contributed by atoms with van der Waals surface area (Å²) in [5.74, 6) is 1.30. The van der Waals surface area contributed by atoms with Gasteiger partial charge in [-0.2, -0.15) is 0 Å². The van der Waals surface area contributed by atoms with Crippen molar-refractivity contribution in [1.29, 1.82) is 0 Å². The molecule has 1 fully saturated rings. The van der Waals surface area contributed by atoms with Crippen LogP contribution in [0.25, 0.3) is 0 Å². The number of ether oxygens (including phenoxy) is 1. The predicted octanol–water partition coefficient (Wildman–Crippen LogP) is 2.38. The molecule has 0 aliphatic heterocycles. The van der Waals surface area contributed by atoms with Gasteiger partial charge in [0.05, 0.1) is 6.61 Å². The van der Waals surface area contributed by atoms with Crippen molar-refractivity contribution in [1.82, 2.24) is 0 Å². The van der Waals surface area contributed by atoms with Crippen LogP contribution in [0, 0.1) is 11.8 Å². The van der Waals surface area contributed by atoms with Crippen LogP contribution in [0.1, 0.15) is 39.5 Å². The molecule has 2 nitrogen and oxygen atoms in total. The minimum atomic E-state index is -0.145. The quantitative estimate of drug-likeness (QED) is 0.595. The van der Waals surface area contributed by atoms with Crippen molar-refractivity contribution >= 4 is 5.97 Å². The van der Waals surface area contributed by atoms with Crippen LogP contribution in [0.15, 0.2) is 0 Å². The van der Waals surface area contributed by atoms with Gasteiger partial charge in [-0.3, -0.25) is 4.79 Å². The second-order valence-corrected chi connectivity index (χ2v) is 3.94. The van der Waals surface area contributed by atoms with Gasteiger partial charge < -0.3 is 4.74 Å². The molecule has 1 aliphatic rings. The number of rotatable bonds is 2. The van der Waals surface area contributed by atoms with Crippen LogP contribution in [0.3, 0.4) is 0 Å². The summed E-state index contributed by atoms with van der Waals surface area (Å²) in [5.41, 5.74) is 0. The lowest BCUT2D eigenvalue weighted by Gasteiger charge is -2.25. The lowest BCUT2D eigenvalue weighted by molar-refractivity contribution is -0.142. The normalized spacial score (nSPS) is 29.8. The SMILES string of the molecule is CC(=O)OCC1CCC[C@H](C)C1. The average molecular weight is 170 g/mol. The van der Waals surface area contributed by atoms with Crippen LogP contribution in [-0.4, -0.2) is 12.6 Å². The number of esters is 1. The first-order valence-corrected chi connectivity index (χ1v) is 4.82. The molecule has 0 amide bonds. The van der Waals surface area contributed by atoms with Gasteiger partial charge in [-0.05, 0) is 24.7 Å². The van der Waals surface area contributed by atoms with Crippen molar-refractivity contribution in [3.63, 3.8) is 0 Å². The molecule has 2 heteroatoms. The van der Waals surface area contributed by atoms with Crippen molar-refractivity contribution in [3.8, 4) is 0 Å². The Morgan fingerprint density at radius 2 is 2.25 bits per heavy atom. The van der Waals surface area contributed by atoms with Crippen molar-refractivity contribution in [2.75, 3.05) is 6.61 Å². The molecule has 1 rings (SSSR count). The van der Waals surface area contributed by atoms with E-state index >= 15 is 0 Å². The Morgan fingerprint density at radius 1 is 1.50 bits per heavy atom. The third kappa shape index (κ3) is 3.24. The van der Waals surface area contributed by atoms with Gasteiger partial charge in [0.1, 0.15) is 0 Å². The van der Waals surface area contributed by atoms with E-state index in [4.69, 9.17) is 4.74 Å². The molecule has 0 saturated heterocycles. The number of hydrogen-bond donors (Lipinski definition) is 0. The maximum absolute atomic E-state index is 10.5. The van der Waals surface area contributed by atoms with Crippen LogP contribution in [0.4, 0.5) is 0 Å². The van der Waals surface area contributed by atoms with Gasteiger partial charge in [0.2, 0.25) is 0 Å². The Labute approximate surface area is 74.3 Å². The molecule has 0 aromatic heterocycles. The highest BCUT2D eigenvalue weighted by Gasteiger charge is 2.19. The monoisotopic (exact) mass is 170 g/mol. The first kappa shape index (κ1) is 9.56. The molecule has 0 aromatic rings. The zero-order valence-corrected chi connectivity index (χ0v) is 8.01. The molecule has 2 atom stereocenters.